The number of rotatable bonds is 12. The molecule has 178 valence electrons. The number of carbonyl (C=O) groups is 1. The summed E-state index contributed by atoms with van der Waals surface area (Å²) in [5, 5.41) is 0.703. The maximum absolute atomic E-state index is 12.5. The Morgan fingerprint density at radius 1 is 0.735 bits per heavy atom. The summed E-state index contributed by atoms with van der Waals surface area (Å²) >= 11 is 23.6. The van der Waals surface area contributed by atoms with Crippen molar-refractivity contribution in [2.75, 3.05) is 19.8 Å². The van der Waals surface area contributed by atoms with Gasteiger partial charge in [-0.2, -0.15) is 0 Å². The van der Waals surface area contributed by atoms with Gasteiger partial charge in [-0.1, -0.05) is 76.7 Å². The minimum atomic E-state index is -0.0160. The fraction of sp³-hybridized carbons (Fsp3) is 0.192. The third kappa shape index (κ3) is 8.14. The summed E-state index contributed by atoms with van der Waals surface area (Å²) in [5.74, 6) is 1.58. The quantitative estimate of drug-likeness (QED) is 0.172. The first-order chi connectivity index (χ1) is 16.4. The number of benzene rings is 3. The lowest BCUT2D eigenvalue weighted by Crippen LogP contribution is -2.04. The van der Waals surface area contributed by atoms with E-state index >= 15 is 0 Å². The molecule has 0 aliphatic heterocycles. The molecule has 0 N–H and O–H groups in total. The number of hydrogen-bond donors (Lipinski definition) is 0. The van der Waals surface area contributed by atoms with E-state index in [1.165, 1.54) is 6.08 Å². The lowest BCUT2D eigenvalue weighted by atomic mass is 10.0. The highest BCUT2D eigenvalue weighted by atomic mass is 35.5. The Labute approximate surface area is 218 Å². The predicted molar refractivity (Wildman–Crippen MR) is 138 cm³/mol. The van der Waals surface area contributed by atoms with E-state index in [0.29, 0.717) is 51.6 Å². The molecule has 0 atom stereocenters. The molecule has 0 aromatic heterocycles. The number of ether oxygens (including phenoxy) is 3. The molecule has 3 aromatic rings. The van der Waals surface area contributed by atoms with Crippen LogP contribution < -0.4 is 14.2 Å². The van der Waals surface area contributed by atoms with Crippen molar-refractivity contribution in [3.8, 4) is 17.2 Å². The molecule has 0 amide bonds. The average molecular weight is 540 g/mol. The Balaban J connectivity index is 1.39. The summed E-state index contributed by atoms with van der Waals surface area (Å²) in [4.78, 5) is 12.5. The van der Waals surface area contributed by atoms with Crippen LogP contribution in [0.15, 0.2) is 77.3 Å². The molecule has 4 nitrogen and oxygen atoms in total. The fourth-order valence-corrected chi connectivity index (χ4v) is 3.69. The van der Waals surface area contributed by atoms with Crippen molar-refractivity contribution in [2.24, 2.45) is 0 Å². The third-order valence-corrected chi connectivity index (χ3v) is 5.54. The maximum atomic E-state index is 12.5. The topological polar surface area (TPSA) is 44.8 Å². The molecule has 3 rings (SSSR count). The van der Waals surface area contributed by atoms with Crippen molar-refractivity contribution in [1.29, 1.82) is 0 Å². The molecule has 0 heterocycles. The molecular weight excluding hydrogens is 518 g/mol. The molecule has 0 saturated carbocycles. The normalized spacial score (nSPS) is 10.5. The molecule has 0 unspecified atom stereocenters. The van der Waals surface area contributed by atoms with Gasteiger partial charge in [-0.15, -0.1) is 0 Å². The zero-order chi connectivity index (χ0) is 24.3. The first kappa shape index (κ1) is 26.2. The van der Waals surface area contributed by atoms with Gasteiger partial charge in [0.15, 0.2) is 11.5 Å². The maximum Gasteiger partial charge on any atom is 0.193 e. The van der Waals surface area contributed by atoms with Crippen molar-refractivity contribution < 1.29 is 19.0 Å². The van der Waals surface area contributed by atoms with E-state index in [1.807, 2.05) is 18.2 Å². The summed E-state index contributed by atoms with van der Waals surface area (Å²) < 4.78 is 17.1. The van der Waals surface area contributed by atoms with Crippen LogP contribution in [0.1, 0.15) is 28.8 Å². The highest BCUT2D eigenvalue weighted by Crippen LogP contribution is 2.37. The predicted octanol–water partition coefficient (Wildman–Crippen LogP) is 8.16. The van der Waals surface area contributed by atoms with Gasteiger partial charge in [-0.05, 0) is 43.2 Å². The van der Waals surface area contributed by atoms with Crippen LogP contribution >= 0.6 is 46.4 Å². The average Bonchev–Trinajstić information content (AvgIpc) is 2.83. The second-order valence-electron chi connectivity index (χ2n) is 7.14. The van der Waals surface area contributed by atoms with Gasteiger partial charge in [0, 0.05) is 23.3 Å². The highest BCUT2D eigenvalue weighted by Gasteiger charge is 2.11. The van der Waals surface area contributed by atoms with Crippen molar-refractivity contribution in [3.05, 3.63) is 98.5 Å². The fourth-order valence-electron chi connectivity index (χ4n) is 2.99. The summed E-state index contributed by atoms with van der Waals surface area (Å²) in [6.45, 7) is 1.14. The minimum absolute atomic E-state index is 0.0160. The number of unbranched alkanes of at least 4 members (excludes halogenated alkanes) is 1. The van der Waals surface area contributed by atoms with Gasteiger partial charge in [-0.3, -0.25) is 4.79 Å². The van der Waals surface area contributed by atoms with Crippen LogP contribution in [-0.2, 0) is 0 Å². The third-order valence-electron chi connectivity index (χ3n) is 4.67. The van der Waals surface area contributed by atoms with Gasteiger partial charge < -0.3 is 14.2 Å². The minimum Gasteiger partial charge on any atom is -0.494 e. The van der Waals surface area contributed by atoms with E-state index in [2.05, 4.69) is 0 Å². The molecule has 0 aliphatic carbocycles. The molecule has 0 bridgehead atoms. The van der Waals surface area contributed by atoms with Crippen LogP contribution in [0.3, 0.4) is 0 Å². The SMILES string of the molecule is O=C(c1ccccc1)c1ccc(OCCCCOc2c(Cl)cc(OCC=C(Cl)Cl)cc2Cl)cc1. The Morgan fingerprint density at radius 2 is 1.32 bits per heavy atom. The van der Waals surface area contributed by atoms with Gasteiger partial charge in [0.25, 0.3) is 0 Å². The van der Waals surface area contributed by atoms with Crippen LogP contribution in [-0.4, -0.2) is 25.6 Å². The van der Waals surface area contributed by atoms with Gasteiger partial charge in [0.2, 0.25) is 0 Å². The summed E-state index contributed by atoms with van der Waals surface area (Å²) in [6, 6.07) is 19.5. The molecule has 8 heteroatoms. The summed E-state index contributed by atoms with van der Waals surface area (Å²) in [5.41, 5.74) is 1.28. The van der Waals surface area contributed by atoms with Crippen molar-refractivity contribution >= 4 is 52.2 Å². The van der Waals surface area contributed by atoms with Gasteiger partial charge in [-0.25, -0.2) is 0 Å². The number of halogens is 4. The van der Waals surface area contributed by atoms with E-state index in [4.69, 9.17) is 60.6 Å². The van der Waals surface area contributed by atoms with E-state index in [0.717, 1.165) is 12.8 Å². The van der Waals surface area contributed by atoms with Crippen molar-refractivity contribution in [1.82, 2.24) is 0 Å². The molecule has 0 saturated heterocycles. The van der Waals surface area contributed by atoms with Crippen LogP contribution in [0.2, 0.25) is 10.0 Å². The Morgan fingerprint density at radius 3 is 1.94 bits per heavy atom. The van der Waals surface area contributed by atoms with E-state index < -0.39 is 0 Å². The highest BCUT2D eigenvalue weighted by molar-refractivity contribution is 6.55. The number of carbonyl (C=O) groups excluding carboxylic acids is 1. The van der Waals surface area contributed by atoms with Gasteiger partial charge in [0.05, 0.1) is 23.3 Å². The van der Waals surface area contributed by atoms with Crippen molar-refractivity contribution in [2.45, 2.75) is 12.8 Å². The number of hydrogen-bond acceptors (Lipinski definition) is 4. The molecule has 0 spiro atoms. The molecule has 0 fully saturated rings. The lowest BCUT2D eigenvalue weighted by Gasteiger charge is -2.12. The zero-order valence-corrected chi connectivity index (χ0v) is 21.1. The molecule has 3 aromatic carbocycles. The Hall–Kier alpha value is -2.37. The lowest BCUT2D eigenvalue weighted by molar-refractivity contribution is 0.103. The van der Waals surface area contributed by atoms with Gasteiger partial charge >= 0.3 is 0 Å². The van der Waals surface area contributed by atoms with Crippen LogP contribution in [0.4, 0.5) is 0 Å². The summed E-state index contributed by atoms with van der Waals surface area (Å²) in [7, 11) is 0. The largest absolute Gasteiger partial charge is 0.494 e. The molecule has 34 heavy (non-hydrogen) atoms. The standard InChI is InChI=1S/C26H22Cl4O4/c27-22-16-21(33-15-12-24(29)30)17-23(28)26(22)34-14-5-4-13-32-20-10-8-19(9-11-20)25(31)18-6-2-1-3-7-18/h1-3,6-12,16-17H,4-5,13-15H2. The smallest absolute Gasteiger partial charge is 0.193 e. The summed E-state index contributed by atoms with van der Waals surface area (Å²) in [6.07, 6.45) is 3.02. The second-order valence-corrected chi connectivity index (χ2v) is 8.97. The molecular formula is C26H22Cl4O4. The van der Waals surface area contributed by atoms with E-state index in [9.17, 15) is 4.79 Å². The van der Waals surface area contributed by atoms with Gasteiger partial charge in [0.1, 0.15) is 22.6 Å². The zero-order valence-electron chi connectivity index (χ0n) is 18.1. The van der Waals surface area contributed by atoms with Crippen LogP contribution in [0.25, 0.3) is 0 Å². The van der Waals surface area contributed by atoms with Crippen LogP contribution in [0.5, 0.6) is 17.2 Å². The first-order valence-electron chi connectivity index (χ1n) is 10.5. The Bertz CT molecular complexity index is 1090. The van der Waals surface area contributed by atoms with E-state index in [-0.39, 0.29) is 16.9 Å². The first-order valence-corrected chi connectivity index (χ1v) is 12.0. The Kier molecular flexibility index (Phi) is 10.4. The monoisotopic (exact) mass is 538 g/mol. The molecule has 0 radical (unpaired) electrons. The second kappa shape index (κ2) is 13.5. The van der Waals surface area contributed by atoms with E-state index in [1.54, 1.807) is 48.5 Å². The van der Waals surface area contributed by atoms with Crippen molar-refractivity contribution in [3.63, 3.8) is 0 Å². The number of ketones is 1. The van der Waals surface area contributed by atoms with Crippen LogP contribution in [0, 0.1) is 0 Å². The molecule has 0 aliphatic rings.